The van der Waals surface area contributed by atoms with Gasteiger partial charge in [-0.1, -0.05) is 26.8 Å². The molecular formula is C13H19N3O3. The van der Waals surface area contributed by atoms with Crippen LogP contribution < -0.4 is 11.1 Å². The molecule has 0 saturated carbocycles. The Morgan fingerprint density at radius 1 is 1.42 bits per heavy atom. The number of nitrogens with zero attached hydrogens (tertiary/aromatic N) is 1. The molecule has 0 bridgehead atoms. The van der Waals surface area contributed by atoms with Crippen LogP contribution in [0.5, 0.6) is 0 Å². The summed E-state index contributed by atoms with van der Waals surface area (Å²) >= 11 is 0. The third-order valence-electron chi connectivity index (χ3n) is 2.82. The van der Waals surface area contributed by atoms with E-state index in [0.29, 0.717) is 0 Å². The van der Waals surface area contributed by atoms with Crippen molar-refractivity contribution in [1.29, 1.82) is 0 Å². The number of rotatable bonds is 3. The normalized spacial score (nSPS) is 12.9. The number of carbonyl (C=O) groups excluding carboxylic acids is 1. The summed E-state index contributed by atoms with van der Waals surface area (Å²) in [6.45, 7) is 7.25. The molecule has 19 heavy (non-hydrogen) atoms. The monoisotopic (exact) mass is 265 g/mol. The van der Waals surface area contributed by atoms with E-state index in [0.717, 1.165) is 5.56 Å². The van der Waals surface area contributed by atoms with Gasteiger partial charge < -0.3 is 11.1 Å². The van der Waals surface area contributed by atoms with Crippen LogP contribution in [0, 0.1) is 22.5 Å². The molecule has 0 aliphatic carbocycles. The summed E-state index contributed by atoms with van der Waals surface area (Å²) in [5.74, 6) is -0.431. The molecule has 0 heterocycles. The van der Waals surface area contributed by atoms with Gasteiger partial charge in [-0.15, -0.1) is 0 Å². The molecule has 1 amide bonds. The topological polar surface area (TPSA) is 98.3 Å². The molecule has 0 saturated heterocycles. The van der Waals surface area contributed by atoms with E-state index in [-0.39, 0.29) is 11.4 Å². The number of benzene rings is 1. The predicted molar refractivity (Wildman–Crippen MR) is 73.9 cm³/mol. The molecule has 0 aromatic heterocycles. The number of nitro benzene ring substituents is 1. The Labute approximate surface area is 112 Å². The molecule has 0 fully saturated rings. The van der Waals surface area contributed by atoms with Crippen LogP contribution in [-0.2, 0) is 4.79 Å². The van der Waals surface area contributed by atoms with E-state index < -0.39 is 22.3 Å². The van der Waals surface area contributed by atoms with Gasteiger partial charge in [-0.3, -0.25) is 14.9 Å². The summed E-state index contributed by atoms with van der Waals surface area (Å²) in [5.41, 5.74) is 6.19. The average molecular weight is 265 g/mol. The fourth-order valence-corrected chi connectivity index (χ4v) is 1.50. The smallest absolute Gasteiger partial charge is 0.293 e. The molecule has 0 aliphatic heterocycles. The Hall–Kier alpha value is -1.95. The third kappa shape index (κ3) is 3.75. The largest absolute Gasteiger partial charge is 0.319 e. The summed E-state index contributed by atoms with van der Waals surface area (Å²) in [7, 11) is 0. The number of carbonyl (C=O) groups is 1. The number of nitro groups is 1. The minimum atomic E-state index is -0.742. The zero-order valence-electron chi connectivity index (χ0n) is 11.6. The van der Waals surface area contributed by atoms with Crippen LogP contribution >= 0.6 is 0 Å². The number of nitrogens with one attached hydrogen (secondary N) is 1. The maximum Gasteiger partial charge on any atom is 0.293 e. The molecule has 1 atom stereocenters. The highest BCUT2D eigenvalue weighted by atomic mass is 16.6. The maximum atomic E-state index is 12.0. The minimum absolute atomic E-state index is 0.130. The van der Waals surface area contributed by atoms with Crippen molar-refractivity contribution < 1.29 is 9.72 Å². The first-order valence-corrected chi connectivity index (χ1v) is 5.94. The van der Waals surface area contributed by atoms with Crippen molar-refractivity contribution in [2.24, 2.45) is 11.1 Å². The van der Waals surface area contributed by atoms with Crippen molar-refractivity contribution in [2.45, 2.75) is 33.7 Å². The minimum Gasteiger partial charge on any atom is -0.319 e. The van der Waals surface area contributed by atoms with E-state index in [9.17, 15) is 14.9 Å². The highest BCUT2D eigenvalue weighted by Crippen LogP contribution is 2.26. The van der Waals surface area contributed by atoms with Gasteiger partial charge in [0.25, 0.3) is 5.69 Å². The summed E-state index contributed by atoms with van der Waals surface area (Å²) in [5, 5.41) is 13.5. The highest BCUT2D eigenvalue weighted by Gasteiger charge is 2.28. The van der Waals surface area contributed by atoms with Gasteiger partial charge in [-0.25, -0.2) is 0 Å². The molecule has 6 heteroatoms. The third-order valence-corrected chi connectivity index (χ3v) is 2.82. The van der Waals surface area contributed by atoms with Crippen LogP contribution in [0.15, 0.2) is 18.2 Å². The molecule has 6 nitrogen and oxygen atoms in total. The number of amides is 1. The lowest BCUT2D eigenvalue weighted by molar-refractivity contribution is -0.384. The van der Waals surface area contributed by atoms with E-state index in [1.54, 1.807) is 13.0 Å². The van der Waals surface area contributed by atoms with E-state index in [1.165, 1.54) is 12.1 Å². The SMILES string of the molecule is Cc1ccc(NC(=O)C(N)C(C)(C)C)c([N+](=O)[O-])c1. The number of anilines is 1. The standard InChI is InChI=1S/C13H19N3O3/c1-8-5-6-9(10(7-8)16(18)19)15-12(17)11(14)13(2,3)4/h5-7,11H,14H2,1-4H3,(H,15,17). The number of hydrogen-bond donors (Lipinski definition) is 2. The van der Waals surface area contributed by atoms with Gasteiger partial charge in [-0.2, -0.15) is 0 Å². The fourth-order valence-electron chi connectivity index (χ4n) is 1.50. The quantitative estimate of drug-likeness (QED) is 0.646. The molecular weight excluding hydrogens is 246 g/mol. The highest BCUT2D eigenvalue weighted by molar-refractivity contribution is 5.97. The summed E-state index contributed by atoms with van der Waals surface area (Å²) < 4.78 is 0. The summed E-state index contributed by atoms with van der Waals surface area (Å²) in [4.78, 5) is 22.4. The predicted octanol–water partition coefficient (Wildman–Crippen LogP) is 2.22. The summed E-state index contributed by atoms with van der Waals surface area (Å²) in [6, 6.07) is 3.89. The van der Waals surface area contributed by atoms with Crippen molar-refractivity contribution in [1.82, 2.24) is 0 Å². The van der Waals surface area contributed by atoms with Gasteiger partial charge in [-0.05, 0) is 24.0 Å². The van der Waals surface area contributed by atoms with Crippen LogP contribution in [0.3, 0.4) is 0 Å². The Morgan fingerprint density at radius 3 is 2.47 bits per heavy atom. The van der Waals surface area contributed by atoms with Gasteiger partial charge in [0.05, 0.1) is 11.0 Å². The number of hydrogen-bond acceptors (Lipinski definition) is 4. The van der Waals surface area contributed by atoms with Crippen molar-refractivity contribution >= 4 is 17.3 Å². The van der Waals surface area contributed by atoms with Crippen LogP contribution in [0.25, 0.3) is 0 Å². The van der Waals surface area contributed by atoms with Gasteiger partial charge in [0.2, 0.25) is 5.91 Å². The maximum absolute atomic E-state index is 12.0. The first kappa shape index (κ1) is 15.1. The zero-order valence-corrected chi connectivity index (χ0v) is 11.6. The molecule has 104 valence electrons. The zero-order chi connectivity index (χ0) is 14.8. The van der Waals surface area contributed by atoms with E-state index in [1.807, 2.05) is 20.8 Å². The van der Waals surface area contributed by atoms with Crippen molar-refractivity contribution in [3.05, 3.63) is 33.9 Å². The van der Waals surface area contributed by atoms with Gasteiger partial charge >= 0.3 is 0 Å². The van der Waals surface area contributed by atoms with Gasteiger partial charge in [0.1, 0.15) is 5.69 Å². The lowest BCUT2D eigenvalue weighted by Crippen LogP contribution is -2.45. The van der Waals surface area contributed by atoms with E-state index in [4.69, 9.17) is 5.73 Å². The Kier molecular flexibility index (Phi) is 4.26. The number of aryl methyl sites for hydroxylation is 1. The summed E-state index contributed by atoms with van der Waals surface area (Å²) in [6.07, 6.45) is 0. The Morgan fingerprint density at radius 2 is 2.00 bits per heavy atom. The van der Waals surface area contributed by atoms with Crippen LogP contribution in [0.1, 0.15) is 26.3 Å². The fraction of sp³-hybridized carbons (Fsp3) is 0.462. The number of nitrogens with two attached hydrogens (primary N) is 1. The van der Waals surface area contributed by atoms with Crippen molar-refractivity contribution in [2.75, 3.05) is 5.32 Å². The second-order valence-corrected chi connectivity index (χ2v) is 5.61. The Bertz CT molecular complexity index is 506. The lowest BCUT2D eigenvalue weighted by atomic mass is 9.87. The van der Waals surface area contributed by atoms with E-state index >= 15 is 0 Å². The van der Waals surface area contributed by atoms with Crippen molar-refractivity contribution in [3.8, 4) is 0 Å². The van der Waals surface area contributed by atoms with Gasteiger partial charge in [0, 0.05) is 6.07 Å². The average Bonchev–Trinajstić information content (AvgIpc) is 2.28. The molecule has 1 rings (SSSR count). The van der Waals surface area contributed by atoms with Crippen LogP contribution in [0.4, 0.5) is 11.4 Å². The van der Waals surface area contributed by atoms with E-state index in [2.05, 4.69) is 5.32 Å². The van der Waals surface area contributed by atoms with Gasteiger partial charge in [0.15, 0.2) is 0 Å². The second kappa shape index (κ2) is 5.36. The van der Waals surface area contributed by atoms with Crippen molar-refractivity contribution in [3.63, 3.8) is 0 Å². The molecule has 0 spiro atoms. The molecule has 3 N–H and O–H groups in total. The molecule has 0 aliphatic rings. The first-order valence-electron chi connectivity index (χ1n) is 5.94. The van der Waals surface area contributed by atoms with Crippen LogP contribution in [-0.4, -0.2) is 16.9 Å². The molecule has 1 aromatic carbocycles. The Balaban J connectivity index is 3.00. The molecule has 1 unspecified atom stereocenters. The first-order chi connectivity index (χ1) is 8.62. The molecule has 0 radical (unpaired) electrons. The second-order valence-electron chi connectivity index (χ2n) is 5.61. The lowest BCUT2D eigenvalue weighted by Gasteiger charge is -2.25. The molecule has 1 aromatic rings. The van der Waals surface area contributed by atoms with Crippen LogP contribution in [0.2, 0.25) is 0 Å².